The molecule has 3 rings (SSSR count). The zero-order valence-corrected chi connectivity index (χ0v) is 15.7. The number of primary amides is 1. The van der Waals surface area contributed by atoms with Crippen molar-refractivity contribution < 1.29 is 14.3 Å². The summed E-state index contributed by atoms with van der Waals surface area (Å²) in [7, 11) is 0. The maximum absolute atomic E-state index is 12.5. The largest absolute Gasteiger partial charge is 0.484 e. The molecule has 0 aliphatic heterocycles. The minimum atomic E-state index is -0.554. The van der Waals surface area contributed by atoms with Crippen LogP contribution in [0.4, 0.5) is 0 Å². The van der Waals surface area contributed by atoms with Gasteiger partial charge in [0.15, 0.2) is 6.61 Å². The van der Waals surface area contributed by atoms with Crippen LogP contribution in [0.25, 0.3) is 0 Å². The lowest BCUT2D eigenvalue weighted by Gasteiger charge is -2.20. The van der Waals surface area contributed by atoms with Gasteiger partial charge in [-0.25, -0.2) is 0 Å². The summed E-state index contributed by atoms with van der Waals surface area (Å²) < 4.78 is 5.51. The summed E-state index contributed by atoms with van der Waals surface area (Å²) in [4.78, 5) is 23.8. The van der Waals surface area contributed by atoms with Gasteiger partial charge in [0.2, 0.25) is 5.91 Å². The van der Waals surface area contributed by atoms with Gasteiger partial charge in [0.05, 0.1) is 6.04 Å². The summed E-state index contributed by atoms with van der Waals surface area (Å²) >= 11 is 5.98. The van der Waals surface area contributed by atoms with Gasteiger partial charge in [-0.15, -0.1) is 0 Å². The number of benzene rings is 3. The summed E-state index contributed by atoms with van der Waals surface area (Å²) in [5, 5.41) is 3.60. The van der Waals surface area contributed by atoms with E-state index in [4.69, 9.17) is 22.1 Å². The molecule has 0 saturated heterocycles. The number of rotatable bonds is 7. The molecule has 0 bridgehead atoms. The standard InChI is InChI=1S/C22H19ClN2O3/c23-18-11-9-16(10-12-18)21(15-5-2-1-3-6-15)25-20(26)14-28-19-8-4-7-17(13-19)22(24)27/h1-13,21H,14H2,(H2,24,27)(H,25,26). The second kappa shape index (κ2) is 9.06. The topological polar surface area (TPSA) is 81.4 Å². The Morgan fingerprint density at radius 2 is 1.61 bits per heavy atom. The van der Waals surface area contributed by atoms with Gasteiger partial charge in [-0.3, -0.25) is 9.59 Å². The Labute approximate surface area is 168 Å². The molecule has 0 aliphatic carbocycles. The predicted molar refractivity (Wildman–Crippen MR) is 108 cm³/mol. The van der Waals surface area contributed by atoms with E-state index in [0.717, 1.165) is 11.1 Å². The first-order valence-electron chi connectivity index (χ1n) is 8.65. The van der Waals surface area contributed by atoms with Gasteiger partial charge in [-0.05, 0) is 41.5 Å². The van der Waals surface area contributed by atoms with E-state index < -0.39 is 5.91 Å². The number of ether oxygens (including phenoxy) is 1. The second-order valence-electron chi connectivity index (χ2n) is 6.14. The molecule has 0 aromatic heterocycles. The van der Waals surface area contributed by atoms with Crippen LogP contribution in [0.1, 0.15) is 27.5 Å². The molecule has 6 heteroatoms. The van der Waals surface area contributed by atoms with E-state index in [0.29, 0.717) is 16.3 Å². The molecule has 0 fully saturated rings. The van der Waals surface area contributed by atoms with Gasteiger partial charge in [-0.2, -0.15) is 0 Å². The van der Waals surface area contributed by atoms with Crippen LogP contribution >= 0.6 is 11.6 Å². The zero-order chi connectivity index (χ0) is 19.9. The summed E-state index contributed by atoms with van der Waals surface area (Å²) in [5.74, 6) is -0.454. The Morgan fingerprint density at radius 1 is 0.929 bits per heavy atom. The monoisotopic (exact) mass is 394 g/mol. The Morgan fingerprint density at radius 3 is 2.29 bits per heavy atom. The maximum atomic E-state index is 12.5. The van der Waals surface area contributed by atoms with Gasteiger partial charge in [0.25, 0.3) is 5.91 Å². The summed E-state index contributed by atoms with van der Waals surface area (Å²) in [6.45, 7) is -0.195. The molecule has 0 heterocycles. The Bertz CT molecular complexity index is 959. The van der Waals surface area contributed by atoms with Gasteiger partial charge in [0.1, 0.15) is 5.75 Å². The van der Waals surface area contributed by atoms with Gasteiger partial charge < -0.3 is 15.8 Å². The summed E-state index contributed by atoms with van der Waals surface area (Å²) in [6.07, 6.45) is 0. The molecule has 142 valence electrons. The van der Waals surface area contributed by atoms with Gasteiger partial charge in [0, 0.05) is 10.6 Å². The Balaban J connectivity index is 1.72. The third-order valence-electron chi connectivity index (χ3n) is 4.13. The molecule has 1 atom stereocenters. The van der Waals surface area contributed by atoms with Crippen molar-refractivity contribution >= 4 is 23.4 Å². The molecule has 3 aromatic carbocycles. The van der Waals surface area contributed by atoms with E-state index in [1.54, 1.807) is 30.3 Å². The van der Waals surface area contributed by atoms with Crippen LogP contribution in [0.3, 0.4) is 0 Å². The van der Waals surface area contributed by atoms with Crippen molar-refractivity contribution in [1.29, 1.82) is 0 Å². The molecule has 1 unspecified atom stereocenters. The lowest BCUT2D eigenvalue weighted by molar-refractivity contribution is -0.123. The molecular formula is C22H19ClN2O3. The number of carbonyl (C=O) groups excluding carboxylic acids is 2. The van der Waals surface area contributed by atoms with Crippen molar-refractivity contribution in [1.82, 2.24) is 5.32 Å². The lowest BCUT2D eigenvalue weighted by atomic mass is 9.99. The van der Waals surface area contributed by atoms with Crippen LogP contribution in [-0.2, 0) is 4.79 Å². The zero-order valence-electron chi connectivity index (χ0n) is 15.0. The van der Waals surface area contributed by atoms with Crippen LogP contribution < -0.4 is 15.8 Å². The highest BCUT2D eigenvalue weighted by molar-refractivity contribution is 6.30. The first kappa shape index (κ1) is 19.5. The van der Waals surface area contributed by atoms with E-state index in [1.165, 1.54) is 6.07 Å². The predicted octanol–water partition coefficient (Wildman–Crippen LogP) is 3.72. The second-order valence-corrected chi connectivity index (χ2v) is 6.58. The van der Waals surface area contributed by atoms with Gasteiger partial charge in [-0.1, -0.05) is 60.1 Å². The SMILES string of the molecule is NC(=O)c1cccc(OCC(=O)NC(c2ccccc2)c2ccc(Cl)cc2)c1. The van der Waals surface area contributed by atoms with Crippen molar-refractivity contribution in [3.05, 3.63) is 101 Å². The molecule has 0 aliphatic rings. The molecule has 3 N–H and O–H groups in total. The Hall–Kier alpha value is -3.31. The summed E-state index contributed by atoms with van der Waals surface area (Å²) in [6, 6.07) is 23.0. The normalized spacial score (nSPS) is 11.5. The maximum Gasteiger partial charge on any atom is 0.258 e. The molecule has 0 spiro atoms. The smallest absolute Gasteiger partial charge is 0.258 e. The van der Waals surface area contributed by atoms with Crippen molar-refractivity contribution in [2.45, 2.75) is 6.04 Å². The molecule has 3 aromatic rings. The van der Waals surface area contributed by atoms with Crippen molar-refractivity contribution in [2.75, 3.05) is 6.61 Å². The van der Waals surface area contributed by atoms with Crippen LogP contribution in [-0.4, -0.2) is 18.4 Å². The van der Waals surface area contributed by atoms with Gasteiger partial charge >= 0.3 is 0 Å². The molecular weight excluding hydrogens is 376 g/mol. The molecule has 0 saturated carbocycles. The number of hydrogen-bond donors (Lipinski definition) is 2. The first-order valence-corrected chi connectivity index (χ1v) is 9.03. The average Bonchev–Trinajstić information content (AvgIpc) is 2.72. The van der Waals surface area contributed by atoms with Crippen LogP contribution in [0, 0.1) is 0 Å². The lowest BCUT2D eigenvalue weighted by Crippen LogP contribution is -2.33. The third kappa shape index (κ3) is 5.11. The number of halogens is 1. The number of carbonyl (C=O) groups is 2. The fraction of sp³-hybridized carbons (Fsp3) is 0.0909. The molecule has 0 radical (unpaired) electrons. The Kier molecular flexibility index (Phi) is 6.29. The van der Waals surface area contributed by atoms with E-state index in [-0.39, 0.29) is 18.6 Å². The summed E-state index contributed by atoms with van der Waals surface area (Å²) in [5.41, 5.74) is 7.42. The van der Waals surface area contributed by atoms with Crippen LogP contribution in [0.15, 0.2) is 78.9 Å². The fourth-order valence-corrected chi connectivity index (χ4v) is 2.88. The third-order valence-corrected chi connectivity index (χ3v) is 4.38. The molecule has 28 heavy (non-hydrogen) atoms. The quantitative estimate of drug-likeness (QED) is 0.640. The minimum absolute atomic E-state index is 0.195. The van der Waals surface area contributed by atoms with E-state index in [1.807, 2.05) is 42.5 Å². The van der Waals surface area contributed by atoms with Crippen LogP contribution in [0.5, 0.6) is 5.75 Å². The number of hydrogen-bond acceptors (Lipinski definition) is 3. The van der Waals surface area contributed by atoms with Crippen molar-refractivity contribution in [3.8, 4) is 5.75 Å². The first-order chi connectivity index (χ1) is 13.5. The van der Waals surface area contributed by atoms with Crippen molar-refractivity contribution in [2.24, 2.45) is 5.73 Å². The highest BCUT2D eigenvalue weighted by Crippen LogP contribution is 2.23. The highest BCUT2D eigenvalue weighted by atomic mass is 35.5. The molecule has 5 nitrogen and oxygen atoms in total. The van der Waals surface area contributed by atoms with Crippen LogP contribution in [0.2, 0.25) is 5.02 Å². The number of amides is 2. The van der Waals surface area contributed by atoms with E-state index in [9.17, 15) is 9.59 Å². The van der Waals surface area contributed by atoms with Crippen molar-refractivity contribution in [3.63, 3.8) is 0 Å². The highest BCUT2D eigenvalue weighted by Gasteiger charge is 2.17. The minimum Gasteiger partial charge on any atom is -0.484 e. The fourth-order valence-electron chi connectivity index (χ4n) is 2.75. The number of nitrogens with two attached hydrogens (primary N) is 1. The van der Waals surface area contributed by atoms with E-state index in [2.05, 4.69) is 5.32 Å². The van der Waals surface area contributed by atoms with E-state index >= 15 is 0 Å². The molecule has 2 amide bonds. The average molecular weight is 395 g/mol. The number of nitrogens with one attached hydrogen (secondary N) is 1.